The lowest BCUT2D eigenvalue weighted by Gasteiger charge is -2.13. The molecule has 0 atom stereocenters. The Bertz CT molecular complexity index is 3020. The molecule has 12 heteroatoms. The van der Waals surface area contributed by atoms with Crippen LogP contribution in [0.3, 0.4) is 0 Å². The Balaban J connectivity index is 0.000000157. The van der Waals surface area contributed by atoms with Gasteiger partial charge in [0.15, 0.2) is 11.6 Å². The molecule has 2 aliphatic carbocycles. The van der Waals surface area contributed by atoms with Gasteiger partial charge in [0, 0.05) is 88.4 Å². The zero-order chi connectivity index (χ0) is 50.0. The largest absolute Gasteiger partial charge is 0.361 e. The van der Waals surface area contributed by atoms with Crippen molar-refractivity contribution in [2.45, 2.75) is 71.0 Å². The summed E-state index contributed by atoms with van der Waals surface area (Å²) in [4.78, 5) is 28.2. The van der Waals surface area contributed by atoms with Gasteiger partial charge in [-0.1, -0.05) is 84.9 Å². The number of para-hydroxylation sites is 1. The van der Waals surface area contributed by atoms with Crippen LogP contribution in [0.1, 0.15) is 75.0 Å². The molecule has 0 unspecified atom stereocenters. The van der Waals surface area contributed by atoms with Crippen molar-refractivity contribution in [2.75, 3.05) is 21.3 Å². The van der Waals surface area contributed by atoms with Crippen molar-refractivity contribution in [3.05, 3.63) is 220 Å². The van der Waals surface area contributed by atoms with Gasteiger partial charge in [0.2, 0.25) is 0 Å². The summed E-state index contributed by atoms with van der Waals surface area (Å²) in [5, 5.41) is 23.4. The molecule has 360 valence electrons. The van der Waals surface area contributed by atoms with Crippen molar-refractivity contribution in [1.29, 1.82) is 5.26 Å². The maximum atomic E-state index is 13.2. The van der Waals surface area contributed by atoms with Crippen molar-refractivity contribution in [3.8, 4) is 17.3 Å². The summed E-state index contributed by atoms with van der Waals surface area (Å²) in [5.41, 5.74) is 13.1. The first kappa shape index (κ1) is 51.2. The number of aromatic nitrogens is 2. The maximum Gasteiger partial charge on any atom is 0.160 e. The minimum atomic E-state index is -0.264. The average Bonchev–Trinajstić information content (AvgIpc) is 3.83. The van der Waals surface area contributed by atoms with Crippen molar-refractivity contribution < 1.29 is 14.0 Å². The van der Waals surface area contributed by atoms with Crippen LogP contribution in [0.5, 0.6) is 0 Å². The number of nitrogens with one attached hydrogen (secondary N) is 4. The van der Waals surface area contributed by atoms with Gasteiger partial charge >= 0.3 is 0 Å². The average molecular weight is 983 g/mol. The molecular weight excluding hydrogens is 925 g/mol. The van der Waals surface area contributed by atoms with Crippen molar-refractivity contribution in [2.24, 2.45) is 0 Å². The summed E-state index contributed by atoms with van der Waals surface area (Å²) in [6, 6.07) is 46.3. The minimum Gasteiger partial charge on any atom is -0.361 e. The van der Waals surface area contributed by atoms with E-state index in [1.54, 1.807) is 19.1 Å². The summed E-state index contributed by atoms with van der Waals surface area (Å²) in [6.07, 6.45) is 15.0. The molecule has 0 saturated heterocycles. The Morgan fingerprint density at radius 3 is 1.97 bits per heavy atom. The van der Waals surface area contributed by atoms with E-state index < -0.39 is 0 Å². The first-order valence-electron chi connectivity index (χ1n) is 23.7. The predicted molar refractivity (Wildman–Crippen MR) is 292 cm³/mol. The van der Waals surface area contributed by atoms with Crippen LogP contribution in [0.15, 0.2) is 193 Å². The topological polar surface area (TPSA) is 123 Å². The molecule has 71 heavy (non-hydrogen) atoms. The highest BCUT2D eigenvalue weighted by atomic mass is 35.5. The summed E-state index contributed by atoms with van der Waals surface area (Å²) in [6.45, 7) is 7.99. The van der Waals surface area contributed by atoms with E-state index in [0.29, 0.717) is 34.2 Å². The number of benzene rings is 5. The molecule has 0 radical (unpaired) electrons. The number of Topliss-reactive ketones (excluding diaryl/α,β-unsaturated/α-hetero) is 2. The highest BCUT2D eigenvalue weighted by molar-refractivity contribution is 8.02. The molecule has 2 heterocycles. The van der Waals surface area contributed by atoms with Gasteiger partial charge in [0.25, 0.3) is 0 Å². The van der Waals surface area contributed by atoms with Crippen LogP contribution in [0.25, 0.3) is 22.6 Å². The normalized spacial score (nSPS) is 14.8. The monoisotopic (exact) mass is 981 g/mol. The second-order valence-corrected chi connectivity index (χ2v) is 18.5. The fourth-order valence-corrected chi connectivity index (χ4v) is 8.94. The fraction of sp³-hybridized carbons (Fsp3) is 0.186. The van der Waals surface area contributed by atoms with Crippen molar-refractivity contribution in [1.82, 2.24) is 9.38 Å². The Hall–Kier alpha value is -7.65. The number of nitrogens with zero attached hydrogens (tertiary/aromatic N) is 3. The van der Waals surface area contributed by atoms with Gasteiger partial charge < -0.3 is 25.7 Å². The van der Waals surface area contributed by atoms with E-state index in [9.17, 15) is 14.0 Å². The zero-order valence-corrected chi connectivity index (χ0v) is 41.6. The number of aryl methyl sites for hydroxylation is 1. The molecule has 2 fully saturated rings. The van der Waals surface area contributed by atoms with Crippen LogP contribution >= 0.6 is 23.4 Å². The number of nitriles is 1. The first-order valence-corrected chi connectivity index (χ1v) is 25.0. The number of hydrogen-bond donors (Lipinski definition) is 4. The van der Waals surface area contributed by atoms with Gasteiger partial charge in [-0.15, -0.1) is 11.8 Å². The third-order valence-electron chi connectivity index (χ3n) is 11.8. The van der Waals surface area contributed by atoms with Gasteiger partial charge in [-0.05, 0) is 136 Å². The van der Waals surface area contributed by atoms with E-state index >= 15 is 0 Å². The highest BCUT2D eigenvalue weighted by Crippen LogP contribution is 2.30. The van der Waals surface area contributed by atoms with Crippen molar-refractivity contribution in [3.63, 3.8) is 0 Å². The molecule has 0 bridgehead atoms. The van der Waals surface area contributed by atoms with Crippen LogP contribution in [0.4, 0.5) is 27.1 Å². The number of hydrogen-bond acceptors (Lipinski definition) is 9. The number of anilines is 4. The Morgan fingerprint density at radius 1 is 0.761 bits per heavy atom. The van der Waals surface area contributed by atoms with Gasteiger partial charge in [-0.2, -0.15) is 5.26 Å². The first-order chi connectivity index (χ1) is 34.5. The number of imidazole rings is 1. The smallest absolute Gasteiger partial charge is 0.160 e. The van der Waals surface area contributed by atoms with Crippen LogP contribution < -0.4 is 21.3 Å². The van der Waals surface area contributed by atoms with Crippen molar-refractivity contribution >= 4 is 69.0 Å². The maximum absolute atomic E-state index is 13.2. The summed E-state index contributed by atoms with van der Waals surface area (Å²) in [7, 11) is 0. The van der Waals surface area contributed by atoms with Crippen LogP contribution in [0.2, 0.25) is 5.02 Å². The summed E-state index contributed by atoms with van der Waals surface area (Å²) in [5.74, 6) is 0.815. The standard InChI is InChI=1S/C22H19N3.C20H24N2O2.C17H14ClFN2S/c1-16-7-3-4-8-20(16)17(2)23-19-12-10-18(11-13-19)21-15-25-14-6-5-9-22(25)24-21;23-19-7-3-1-5-15(19)13-21-17-9-11-18(12-10-17)22-14-16-6-2-4-8-20(16)24;1-12(10-20)17(21-16-8-3-2-7-15(16)18)22-11-13-5-4-6-14(19)9-13/h3-15,23H,2H2,1H3;9-14,21-22H,1-8H2;2-9,21H,11H2,1H3/b;;17-12-. The van der Waals surface area contributed by atoms with E-state index in [1.165, 1.54) is 29.5 Å². The number of rotatable bonds is 13. The molecular formula is C59H57ClFN7O2S. The van der Waals surface area contributed by atoms with Crippen LogP contribution in [0, 0.1) is 24.1 Å². The van der Waals surface area contributed by atoms with Crippen LogP contribution in [-0.4, -0.2) is 21.0 Å². The lowest BCUT2D eigenvalue weighted by Crippen LogP contribution is -2.10. The zero-order valence-electron chi connectivity index (χ0n) is 40.0. The Morgan fingerprint density at radius 2 is 1.37 bits per heavy atom. The van der Waals surface area contributed by atoms with Gasteiger partial charge in [0.05, 0.1) is 33.1 Å². The molecule has 2 aliphatic rings. The molecule has 0 aliphatic heterocycles. The number of allylic oxidation sites excluding steroid dienone is 3. The second-order valence-electron chi connectivity index (χ2n) is 17.1. The molecule has 7 aromatic rings. The molecule has 4 N–H and O–H groups in total. The molecule has 0 spiro atoms. The molecule has 0 amide bonds. The molecule has 5 aromatic carbocycles. The fourth-order valence-electron chi connectivity index (χ4n) is 7.82. The van der Waals surface area contributed by atoms with E-state index in [0.717, 1.165) is 106 Å². The number of carbonyl (C=O) groups is 2. The molecule has 2 aromatic heterocycles. The molecule has 2 saturated carbocycles. The lowest BCUT2D eigenvalue weighted by molar-refractivity contribution is -0.117. The number of thioether (sulfide) groups is 1. The third kappa shape index (κ3) is 15.2. The SMILES string of the molecule is C/C(C#N)=C(\Nc1ccccc1Cl)SCc1cccc(F)c1.C=C(Nc1ccc(-c2cn3ccccc3n2)cc1)c1ccccc1C.O=C1CCCCC1=CNc1ccc(NC=C2CCCCC2=O)cc1. The number of halogens is 2. The summed E-state index contributed by atoms with van der Waals surface area (Å²) < 4.78 is 15.2. The number of fused-ring (bicyclic) bond motifs is 1. The third-order valence-corrected chi connectivity index (χ3v) is 13.3. The second kappa shape index (κ2) is 25.8. The molecule has 9 rings (SSSR count). The van der Waals surface area contributed by atoms with Crippen LogP contribution in [-0.2, 0) is 15.3 Å². The van der Waals surface area contributed by atoms with E-state index in [1.807, 2.05) is 108 Å². The van der Waals surface area contributed by atoms with Gasteiger partial charge in [0.1, 0.15) is 11.5 Å². The highest BCUT2D eigenvalue weighted by Gasteiger charge is 2.16. The quantitative estimate of drug-likeness (QED) is 0.0661. The Labute approximate surface area is 425 Å². The number of ketones is 2. The number of pyridine rings is 1. The molecule has 9 nitrogen and oxygen atoms in total. The summed E-state index contributed by atoms with van der Waals surface area (Å²) >= 11 is 7.57. The van der Waals surface area contributed by atoms with E-state index in [2.05, 4.69) is 82.2 Å². The van der Waals surface area contributed by atoms with Gasteiger partial charge in [-0.25, -0.2) is 9.37 Å². The predicted octanol–water partition coefficient (Wildman–Crippen LogP) is 15.5. The van der Waals surface area contributed by atoms with Gasteiger partial charge in [-0.3, -0.25) is 9.59 Å². The lowest BCUT2D eigenvalue weighted by atomic mass is 9.94. The minimum absolute atomic E-state index is 0.260. The number of carbonyl (C=O) groups excluding carboxylic acids is 2. The Kier molecular flexibility index (Phi) is 18.6. The van der Waals surface area contributed by atoms with E-state index in [4.69, 9.17) is 16.9 Å². The van der Waals surface area contributed by atoms with E-state index in [-0.39, 0.29) is 17.4 Å².